The van der Waals surface area contributed by atoms with Gasteiger partial charge in [-0.2, -0.15) is 0 Å². The van der Waals surface area contributed by atoms with Gasteiger partial charge in [0.2, 0.25) is 0 Å². The van der Waals surface area contributed by atoms with Crippen LogP contribution in [-0.4, -0.2) is 7.05 Å². The first-order valence-corrected chi connectivity index (χ1v) is 6.17. The number of hydrogen-bond donors (Lipinski definition) is 1. The van der Waals surface area contributed by atoms with Crippen molar-refractivity contribution in [1.29, 1.82) is 0 Å². The third kappa shape index (κ3) is 2.31. The van der Waals surface area contributed by atoms with E-state index in [-0.39, 0.29) is 11.9 Å². The highest BCUT2D eigenvalue weighted by atomic mass is 19.1. The number of nitrogens with one attached hydrogen (secondary N) is 1. The second-order valence-electron chi connectivity index (χ2n) is 4.40. The molecule has 0 saturated carbocycles. The molecule has 0 saturated heterocycles. The van der Waals surface area contributed by atoms with E-state index in [0.29, 0.717) is 5.56 Å². The van der Waals surface area contributed by atoms with Crippen LogP contribution in [0, 0.1) is 12.7 Å². The molecule has 2 aromatic rings. The molecule has 3 heteroatoms. The van der Waals surface area contributed by atoms with Crippen LogP contribution in [0.1, 0.15) is 35.4 Å². The Morgan fingerprint density at radius 1 is 1.28 bits per heavy atom. The van der Waals surface area contributed by atoms with Crippen LogP contribution in [0.4, 0.5) is 4.39 Å². The zero-order valence-corrected chi connectivity index (χ0v) is 11.0. The molecule has 1 unspecified atom stereocenters. The Hall–Kier alpha value is -1.61. The van der Waals surface area contributed by atoms with E-state index in [2.05, 4.69) is 5.32 Å². The van der Waals surface area contributed by atoms with Crippen LogP contribution < -0.4 is 5.32 Å². The molecule has 1 aromatic carbocycles. The molecule has 96 valence electrons. The second kappa shape index (κ2) is 5.36. The number of aryl methyl sites for hydroxylation is 2. The normalized spacial score (nSPS) is 12.7. The molecule has 0 bridgehead atoms. The van der Waals surface area contributed by atoms with Crippen LogP contribution in [0.2, 0.25) is 0 Å². The molecule has 0 aliphatic carbocycles. The van der Waals surface area contributed by atoms with E-state index < -0.39 is 0 Å². The zero-order chi connectivity index (χ0) is 13.1. The fourth-order valence-electron chi connectivity index (χ4n) is 2.26. The Morgan fingerprint density at radius 2 is 2.06 bits per heavy atom. The fourth-order valence-corrected chi connectivity index (χ4v) is 2.26. The lowest BCUT2D eigenvalue weighted by Gasteiger charge is -2.18. The van der Waals surface area contributed by atoms with Crippen molar-refractivity contribution in [3.8, 4) is 0 Å². The molecule has 0 aliphatic rings. The van der Waals surface area contributed by atoms with Crippen LogP contribution >= 0.6 is 0 Å². The van der Waals surface area contributed by atoms with Gasteiger partial charge in [-0.05, 0) is 26.1 Å². The van der Waals surface area contributed by atoms with Crippen LogP contribution in [0.25, 0.3) is 0 Å². The lowest BCUT2D eigenvalue weighted by atomic mass is 9.96. The molecule has 2 rings (SSSR count). The van der Waals surface area contributed by atoms with Crippen molar-refractivity contribution in [2.75, 3.05) is 7.05 Å². The van der Waals surface area contributed by atoms with Gasteiger partial charge in [-0.3, -0.25) is 0 Å². The molecule has 18 heavy (non-hydrogen) atoms. The summed E-state index contributed by atoms with van der Waals surface area (Å²) in [5, 5.41) is 3.16. The Balaban J connectivity index is 2.48. The predicted molar refractivity (Wildman–Crippen MR) is 70.1 cm³/mol. The summed E-state index contributed by atoms with van der Waals surface area (Å²) in [4.78, 5) is 0. The zero-order valence-electron chi connectivity index (χ0n) is 11.0. The van der Waals surface area contributed by atoms with Gasteiger partial charge >= 0.3 is 0 Å². The van der Waals surface area contributed by atoms with Crippen molar-refractivity contribution in [3.63, 3.8) is 0 Å². The van der Waals surface area contributed by atoms with Gasteiger partial charge in [0.1, 0.15) is 11.6 Å². The Bertz CT molecular complexity index is 533. The van der Waals surface area contributed by atoms with Crippen molar-refractivity contribution in [3.05, 3.63) is 58.8 Å². The lowest BCUT2D eigenvalue weighted by Crippen LogP contribution is -2.19. The molecule has 1 N–H and O–H groups in total. The van der Waals surface area contributed by atoms with Gasteiger partial charge in [-0.25, -0.2) is 4.39 Å². The highest BCUT2D eigenvalue weighted by Crippen LogP contribution is 2.28. The number of rotatable bonds is 4. The minimum Gasteiger partial charge on any atom is -0.469 e. The predicted octanol–water partition coefficient (Wildman–Crippen LogP) is 3.60. The first-order chi connectivity index (χ1) is 8.67. The Morgan fingerprint density at radius 3 is 2.72 bits per heavy atom. The summed E-state index contributed by atoms with van der Waals surface area (Å²) in [7, 11) is 1.83. The van der Waals surface area contributed by atoms with Gasteiger partial charge in [0.15, 0.2) is 0 Å². The number of benzene rings is 1. The van der Waals surface area contributed by atoms with Crippen molar-refractivity contribution >= 4 is 0 Å². The van der Waals surface area contributed by atoms with Crippen LogP contribution in [0.3, 0.4) is 0 Å². The smallest absolute Gasteiger partial charge is 0.128 e. The highest BCUT2D eigenvalue weighted by molar-refractivity contribution is 5.36. The first-order valence-electron chi connectivity index (χ1n) is 6.17. The summed E-state index contributed by atoms with van der Waals surface area (Å²) in [6, 6.07) is 6.91. The van der Waals surface area contributed by atoms with Crippen LogP contribution in [0.15, 0.2) is 34.9 Å². The number of halogens is 1. The van der Waals surface area contributed by atoms with Crippen molar-refractivity contribution in [2.24, 2.45) is 0 Å². The average molecular weight is 247 g/mol. The summed E-state index contributed by atoms with van der Waals surface area (Å²) in [6.07, 6.45) is 2.46. The quantitative estimate of drug-likeness (QED) is 0.893. The molecule has 0 fully saturated rings. The van der Waals surface area contributed by atoms with Crippen molar-refractivity contribution in [1.82, 2.24) is 5.32 Å². The molecule has 2 nitrogen and oxygen atoms in total. The van der Waals surface area contributed by atoms with Gasteiger partial charge in [-0.1, -0.05) is 24.6 Å². The van der Waals surface area contributed by atoms with E-state index in [1.54, 1.807) is 12.3 Å². The van der Waals surface area contributed by atoms with Crippen molar-refractivity contribution < 1.29 is 8.81 Å². The molecule has 0 aliphatic heterocycles. The maximum absolute atomic E-state index is 14.0. The first kappa shape index (κ1) is 12.8. The topological polar surface area (TPSA) is 25.2 Å². The summed E-state index contributed by atoms with van der Waals surface area (Å²) in [5.74, 6) is 0.707. The summed E-state index contributed by atoms with van der Waals surface area (Å²) in [6.45, 7) is 3.99. The van der Waals surface area contributed by atoms with E-state index >= 15 is 0 Å². The lowest BCUT2D eigenvalue weighted by molar-refractivity contribution is 0.501. The van der Waals surface area contributed by atoms with Gasteiger partial charge in [-0.15, -0.1) is 0 Å². The monoisotopic (exact) mass is 247 g/mol. The van der Waals surface area contributed by atoms with Crippen LogP contribution in [0.5, 0.6) is 0 Å². The Labute approximate surface area is 107 Å². The maximum atomic E-state index is 14.0. The molecule has 1 heterocycles. The molecule has 0 radical (unpaired) electrons. The number of hydrogen-bond acceptors (Lipinski definition) is 2. The summed E-state index contributed by atoms with van der Waals surface area (Å²) < 4.78 is 19.4. The molecular formula is C15H18FNO. The van der Waals surface area contributed by atoms with E-state index in [9.17, 15) is 4.39 Å². The fraction of sp³-hybridized carbons (Fsp3) is 0.333. The average Bonchev–Trinajstić information content (AvgIpc) is 2.83. The summed E-state index contributed by atoms with van der Waals surface area (Å²) in [5.41, 5.74) is 2.71. The highest BCUT2D eigenvalue weighted by Gasteiger charge is 2.20. The molecule has 1 atom stereocenters. The Kier molecular flexibility index (Phi) is 3.82. The minimum atomic E-state index is -0.191. The molecule has 0 amide bonds. The molecule has 1 aromatic heterocycles. The van der Waals surface area contributed by atoms with Gasteiger partial charge < -0.3 is 9.73 Å². The van der Waals surface area contributed by atoms with Crippen molar-refractivity contribution in [2.45, 2.75) is 26.3 Å². The molecular weight excluding hydrogens is 229 g/mol. The van der Waals surface area contributed by atoms with E-state index in [0.717, 1.165) is 23.3 Å². The van der Waals surface area contributed by atoms with Gasteiger partial charge in [0.25, 0.3) is 0 Å². The SMILES string of the molecule is CCc1occc1C(NC)c1cc(C)ccc1F. The molecule has 0 spiro atoms. The minimum absolute atomic E-state index is 0.168. The van der Waals surface area contributed by atoms with Gasteiger partial charge in [0.05, 0.1) is 12.3 Å². The largest absolute Gasteiger partial charge is 0.469 e. The van der Waals surface area contributed by atoms with E-state index in [1.807, 2.05) is 33.0 Å². The van der Waals surface area contributed by atoms with Gasteiger partial charge in [0, 0.05) is 17.5 Å². The second-order valence-corrected chi connectivity index (χ2v) is 4.40. The van der Waals surface area contributed by atoms with Crippen LogP contribution in [-0.2, 0) is 6.42 Å². The third-order valence-electron chi connectivity index (χ3n) is 3.16. The summed E-state index contributed by atoms with van der Waals surface area (Å²) >= 11 is 0. The third-order valence-corrected chi connectivity index (χ3v) is 3.16. The number of furan rings is 1. The standard InChI is InChI=1S/C15H18FNO/c1-4-14-11(7-8-18-14)15(17-3)12-9-10(2)5-6-13(12)16/h5-9,15,17H,4H2,1-3H3. The van der Waals surface area contributed by atoms with E-state index in [4.69, 9.17) is 4.42 Å². The maximum Gasteiger partial charge on any atom is 0.128 e. The van der Waals surface area contributed by atoms with E-state index in [1.165, 1.54) is 6.07 Å².